The lowest BCUT2D eigenvalue weighted by atomic mass is 10.0. The third-order valence-corrected chi connectivity index (χ3v) is 6.60. The number of hydrogen-bond donors (Lipinski definition) is 2. The number of nitrogens with zero attached hydrogens (tertiary/aromatic N) is 1. The minimum Gasteiger partial charge on any atom is -0.490 e. The van der Waals surface area contributed by atoms with Crippen LogP contribution in [0.3, 0.4) is 0 Å². The molecule has 0 aliphatic carbocycles. The SMILES string of the molecule is CCOc1cc(C=NNC(=O)C(NC(=O)c2ccc(Cl)cc2)C(C)C)cc(Br)c1OCc1ccccc1Cl. The van der Waals surface area contributed by atoms with Crippen LogP contribution < -0.4 is 20.2 Å². The summed E-state index contributed by atoms with van der Waals surface area (Å²) in [5, 5.41) is 7.98. The van der Waals surface area contributed by atoms with Gasteiger partial charge in [-0.1, -0.05) is 55.2 Å². The summed E-state index contributed by atoms with van der Waals surface area (Å²) in [6.45, 7) is 6.23. The van der Waals surface area contributed by atoms with Crippen LogP contribution >= 0.6 is 39.1 Å². The second-order valence-corrected chi connectivity index (χ2v) is 10.3. The van der Waals surface area contributed by atoms with E-state index >= 15 is 0 Å². The number of benzene rings is 3. The number of carbonyl (C=O) groups is 2. The van der Waals surface area contributed by atoms with Gasteiger partial charge in [0.1, 0.15) is 12.6 Å². The van der Waals surface area contributed by atoms with E-state index < -0.39 is 11.9 Å². The fourth-order valence-corrected chi connectivity index (χ4v) is 4.32. The summed E-state index contributed by atoms with van der Waals surface area (Å²) < 4.78 is 12.4. The van der Waals surface area contributed by atoms with Crippen molar-refractivity contribution in [2.24, 2.45) is 11.0 Å². The summed E-state index contributed by atoms with van der Waals surface area (Å²) in [6.07, 6.45) is 1.49. The second-order valence-electron chi connectivity index (χ2n) is 8.58. The van der Waals surface area contributed by atoms with Gasteiger partial charge in [-0.2, -0.15) is 5.10 Å². The number of ether oxygens (including phenoxy) is 2. The van der Waals surface area contributed by atoms with Gasteiger partial charge >= 0.3 is 0 Å². The molecule has 0 saturated carbocycles. The summed E-state index contributed by atoms with van der Waals surface area (Å²) >= 11 is 15.7. The van der Waals surface area contributed by atoms with Crippen molar-refractivity contribution in [1.29, 1.82) is 0 Å². The molecule has 0 aliphatic heterocycles. The van der Waals surface area contributed by atoms with Gasteiger partial charge in [-0.05, 0) is 76.8 Å². The van der Waals surface area contributed by atoms with Gasteiger partial charge in [-0.25, -0.2) is 5.43 Å². The van der Waals surface area contributed by atoms with Gasteiger partial charge in [0.25, 0.3) is 11.8 Å². The van der Waals surface area contributed by atoms with E-state index in [2.05, 4.69) is 31.8 Å². The summed E-state index contributed by atoms with van der Waals surface area (Å²) in [5.74, 6) is 0.0453. The minimum absolute atomic E-state index is 0.172. The van der Waals surface area contributed by atoms with Gasteiger partial charge in [0, 0.05) is 21.2 Å². The molecular weight excluding hydrogens is 593 g/mol. The van der Waals surface area contributed by atoms with Gasteiger partial charge in [0.05, 0.1) is 17.3 Å². The lowest BCUT2D eigenvalue weighted by Crippen LogP contribution is -2.48. The monoisotopic (exact) mass is 619 g/mol. The molecule has 38 heavy (non-hydrogen) atoms. The van der Waals surface area contributed by atoms with Crippen LogP contribution in [0.2, 0.25) is 10.0 Å². The van der Waals surface area contributed by atoms with Crippen LogP contribution in [0.1, 0.15) is 42.3 Å². The molecule has 0 aromatic heterocycles. The molecule has 7 nitrogen and oxygen atoms in total. The number of amides is 2. The van der Waals surface area contributed by atoms with Gasteiger partial charge in [0.15, 0.2) is 11.5 Å². The van der Waals surface area contributed by atoms with Crippen molar-refractivity contribution in [1.82, 2.24) is 10.7 Å². The topological polar surface area (TPSA) is 89.0 Å². The zero-order chi connectivity index (χ0) is 27.7. The quantitative estimate of drug-likeness (QED) is 0.186. The Bertz CT molecular complexity index is 1300. The predicted molar refractivity (Wildman–Crippen MR) is 154 cm³/mol. The Labute approximate surface area is 240 Å². The number of rotatable bonds is 11. The van der Waals surface area contributed by atoms with Crippen molar-refractivity contribution >= 4 is 57.2 Å². The van der Waals surface area contributed by atoms with Crippen molar-refractivity contribution in [2.45, 2.75) is 33.4 Å². The van der Waals surface area contributed by atoms with E-state index in [1.807, 2.05) is 39.0 Å². The molecule has 3 rings (SSSR count). The number of nitrogens with one attached hydrogen (secondary N) is 2. The van der Waals surface area contributed by atoms with Crippen molar-refractivity contribution in [3.05, 3.63) is 91.9 Å². The van der Waals surface area contributed by atoms with Crippen LogP contribution in [-0.4, -0.2) is 30.7 Å². The van der Waals surface area contributed by atoms with Crippen molar-refractivity contribution in [2.75, 3.05) is 6.61 Å². The highest BCUT2D eigenvalue weighted by Crippen LogP contribution is 2.37. The first-order valence-electron chi connectivity index (χ1n) is 11.9. The molecular formula is C28H28BrCl2N3O4. The maximum atomic E-state index is 12.8. The summed E-state index contributed by atoms with van der Waals surface area (Å²) in [7, 11) is 0. The molecule has 3 aromatic carbocycles. The molecule has 0 bridgehead atoms. The molecule has 0 aliphatic rings. The number of halogens is 3. The van der Waals surface area contributed by atoms with Gasteiger partial charge in [-0.3, -0.25) is 9.59 Å². The Balaban J connectivity index is 1.69. The van der Waals surface area contributed by atoms with E-state index in [-0.39, 0.29) is 18.4 Å². The summed E-state index contributed by atoms with van der Waals surface area (Å²) in [6, 6.07) is 16.6. The van der Waals surface area contributed by atoms with Gasteiger partial charge in [-0.15, -0.1) is 0 Å². The number of hydrogen-bond acceptors (Lipinski definition) is 5. The maximum absolute atomic E-state index is 12.8. The first-order chi connectivity index (χ1) is 18.2. The molecule has 1 atom stereocenters. The van der Waals surface area contributed by atoms with Crippen LogP contribution in [0, 0.1) is 5.92 Å². The van der Waals surface area contributed by atoms with Crippen molar-refractivity contribution < 1.29 is 19.1 Å². The molecule has 0 saturated heterocycles. The van der Waals surface area contributed by atoms with E-state index in [4.69, 9.17) is 32.7 Å². The predicted octanol–water partition coefficient (Wildman–Crippen LogP) is 6.64. The fourth-order valence-electron chi connectivity index (χ4n) is 3.43. The largest absolute Gasteiger partial charge is 0.490 e. The highest BCUT2D eigenvalue weighted by Gasteiger charge is 2.24. The average molecular weight is 621 g/mol. The Morgan fingerprint density at radius 3 is 2.42 bits per heavy atom. The number of hydrazone groups is 1. The molecule has 200 valence electrons. The van der Waals surface area contributed by atoms with E-state index in [1.54, 1.807) is 42.5 Å². The zero-order valence-electron chi connectivity index (χ0n) is 21.1. The summed E-state index contributed by atoms with van der Waals surface area (Å²) in [4.78, 5) is 25.4. The van der Waals surface area contributed by atoms with Crippen LogP contribution in [0.4, 0.5) is 0 Å². The van der Waals surface area contributed by atoms with Crippen LogP contribution in [0.5, 0.6) is 11.5 Å². The van der Waals surface area contributed by atoms with Crippen LogP contribution in [-0.2, 0) is 11.4 Å². The Hall–Kier alpha value is -3.07. The highest BCUT2D eigenvalue weighted by molar-refractivity contribution is 9.10. The first kappa shape index (κ1) is 29.5. The third kappa shape index (κ3) is 8.21. The molecule has 0 radical (unpaired) electrons. The Morgan fingerprint density at radius 1 is 1.05 bits per heavy atom. The molecule has 1 unspecified atom stereocenters. The van der Waals surface area contributed by atoms with E-state index in [0.29, 0.717) is 43.8 Å². The maximum Gasteiger partial charge on any atom is 0.262 e. The van der Waals surface area contributed by atoms with Gasteiger partial charge in [0.2, 0.25) is 0 Å². The molecule has 0 heterocycles. The van der Waals surface area contributed by atoms with Gasteiger partial charge < -0.3 is 14.8 Å². The number of carbonyl (C=O) groups excluding carboxylic acids is 2. The molecule has 2 amide bonds. The van der Waals surface area contributed by atoms with Crippen molar-refractivity contribution in [3.63, 3.8) is 0 Å². The lowest BCUT2D eigenvalue weighted by Gasteiger charge is -2.20. The third-order valence-electron chi connectivity index (χ3n) is 5.39. The standard InChI is InChI=1S/C28H28BrCl2N3O4/c1-4-37-24-14-18(13-22(29)26(24)38-16-20-7-5-6-8-23(20)31)15-32-34-28(36)25(17(2)3)33-27(35)19-9-11-21(30)12-10-19/h5-15,17,25H,4,16H2,1-3H3,(H,33,35)(H,34,36). The summed E-state index contributed by atoms with van der Waals surface area (Å²) in [5.41, 5.74) is 4.42. The molecule has 0 fully saturated rings. The smallest absolute Gasteiger partial charge is 0.262 e. The van der Waals surface area contributed by atoms with E-state index in [0.717, 1.165) is 5.56 Å². The Morgan fingerprint density at radius 2 is 1.76 bits per heavy atom. The molecule has 0 spiro atoms. The van der Waals surface area contributed by atoms with Crippen LogP contribution in [0.25, 0.3) is 0 Å². The zero-order valence-corrected chi connectivity index (χ0v) is 24.2. The lowest BCUT2D eigenvalue weighted by molar-refractivity contribution is -0.123. The van der Waals surface area contributed by atoms with E-state index in [9.17, 15) is 9.59 Å². The average Bonchev–Trinajstić information content (AvgIpc) is 2.88. The Kier molecular flexibility index (Phi) is 11.0. The minimum atomic E-state index is -0.790. The molecule has 2 N–H and O–H groups in total. The normalized spacial score (nSPS) is 11.9. The van der Waals surface area contributed by atoms with Crippen molar-refractivity contribution in [3.8, 4) is 11.5 Å². The first-order valence-corrected chi connectivity index (χ1v) is 13.5. The highest BCUT2D eigenvalue weighted by atomic mass is 79.9. The van der Waals surface area contributed by atoms with E-state index in [1.165, 1.54) is 6.21 Å². The second kappa shape index (κ2) is 14.2. The molecule has 10 heteroatoms. The fraction of sp³-hybridized carbons (Fsp3) is 0.250. The molecule has 3 aromatic rings. The van der Waals surface area contributed by atoms with Crippen LogP contribution in [0.15, 0.2) is 70.2 Å².